The lowest BCUT2D eigenvalue weighted by Gasteiger charge is -2.11. The van der Waals surface area contributed by atoms with Gasteiger partial charge in [0, 0.05) is 18.2 Å². The van der Waals surface area contributed by atoms with Crippen LogP contribution in [0.1, 0.15) is 12.5 Å². The van der Waals surface area contributed by atoms with E-state index in [4.69, 9.17) is 9.47 Å². The van der Waals surface area contributed by atoms with E-state index in [9.17, 15) is 19.7 Å². The topological polar surface area (TPSA) is 101 Å². The number of ether oxygens (including phenoxy) is 2. The molecule has 0 saturated heterocycles. The fourth-order valence-electron chi connectivity index (χ4n) is 2.06. The average Bonchev–Trinajstić information content (AvgIpc) is 2.61. The highest BCUT2D eigenvalue weighted by atomic mass is 16.6. The third-order valence-corrected chi connectivity index (χ3v) is 3.27. The number of nitro benzene ring substituents is 1. The Kier molecular flexibility index (Phi) is 5.67. The Morgan fingerprint density at radius 2 is 1.92 bits per heavy atom. The fourth-order valence-corrected chi connectivity index (χ4v) is 2.06. The highest BCUT2D eigenvalue weighted by molar-refractivity contribution is 6.15. The summed E-state index contributed by atoms with van der Waals surface area (Å²) in [7, 11) is 1.44. The van der Waals surface area contributed by atoms with Gasteiger partial charge in [0.05, 0.1) is 24.8 Å². The largest absolute Gasteiger partial charge is 0.495 e. The second kappa shape index (κ2) is 7.91. The number of benzene rings is 1. The van der Waals surface area contributed by atoms with Crippen molar-refractivity contribution in [2.75, 3.05) is 13.7 Å². The first kappa shape index (κ1) is 17.9. The molecule has 0 amide bonds. The molecule has 0 aliphatic carbocycles. The monoisotopic (exact) mass is 344 g/mol. The number of hydrogen-bond acceptors (Lipinski definition) is 6. The Morgan fingerprint density at radius 1 is 1.24 bits per heavy atom. The van der Waals surface area contributed by atoms with Crippen LogP contribution >= 0.6 is 0 Å². The SMILES string of the molecule is CCOC(=O)/C(=C/c1ccc([N+](=O)[O-])cc1)n1cc(OC)ccc1=O. The zero-order valence-corrected chi connectivity index (χ0v) is 13.7. The highest BCUT2D eigenvalue weighted by Crippen LogP contribution is 2.18. The molecule has 1 aromatic carbocycles. The molecular formula is C17H16N2O6. The number of methoxy groups -OCH3 is 1. The second-order valence-corrected chi connectivity index (χ2v) is 4.88. The Labute approximate surface area is 143 Å². The number of carbonyl (C=O) groups excluding carboxylic acids is 1. The molecule has 2 aromatic rings. The van der Waals surface area contributed by atoms with E-state index < -0.39 is 16.5 Å². The molecule has 0 spiro atoms. The molecular weight excluding hydrogens is 328 g/mol. The number of carbonyl (C=O) groups is 1. The van der Waals surface area contributed by atoms with Crippen molar-refractivity contribution in [1.29, 1.82) is 0 Å². The van der Waals surface area contributed by atoms with Crippen molar-refractivity contribution in [3.63, 3.8) is 0 Å². The number of nitro groups is 1. The van der Waals surface area contributed by atoms with Gasteiger partial charge in [0.2, 0.25) is 0 Å². The van der Waals surface area contributed by atoms with Crippen LogP contribution in [-0.2, 0) is 9.53 Å². The van der Waals surface area contributed by atoms with E-state index in [0.717, 1.165) is 4.57 Å². The van der Waals surface area contributed by atoms with Crippen LogP contribution in [0.4, 0.5) is 5.69 Å². The zero-order valence-electron chi connectivity index (χ0n) is 13.7. The van der Waals surface area contributed by atoms with Crippen molar-refractivity contribution in [3.05, 3.63) is 68.6 Å². The second-order valence-electron chi connectivity index (χ2n) is 4.88. The van der Waals surface area contributed by atoms with Gasteiger partial charge < -0.3 is 9.47 Å². The van der Waals surface area contributed by atoms with E-state index in [1.165, 1.54) is 55.8 Å². The van der Waals surface area contributed by atoms with Crippen LogP contribution in [0.3, 0.4) is 0 Å². The van der Waals surface area contributed by atoms with Gasteiger partial charge in [0.25, 0.3) is 11.2 Å². The van der Waals surface area contributed by atoms with Gasteiger partial charge in [-0.25, -0.2) is 4.79 Å². The minimum Gasteiger partial charge on any atom is -0.495 e. The van der Waals surface area contributed by atoms with Gasteiger partial charge in [-0.3, -0.25) is 19.5 Å². The summed E-state index contributed by atoms with van der Waals surface area (Å²) in [5.74, 6) is -0.310. The van der Waals surface area contributed by atoms with E-state index in [-0.39, 0.29) is 18.0 Å². The lowest BCUT2D eigenvalue weighted by atomic mass is 10.1. The number of nitrogens with zero attached hydrogens (tertiary/aromatic N) is 2. The maximum Gasteiger partial charge on any atom is 0.355 e. The Hall–Kier alpha value is -3.42. The summed E-state index contributed by atoms with van der Waals surface area (Å²) in [5.41, 5.74) is -0.0432. The van der Waals surface area contributed by atoms with Crippen LogP contribution in [0.5, 0.6) is 5.75 Å². The smallest absolute Gasteiger partial charge is 0.355 e. The minimum atomic E-state index is -0.698. The summed E-state index contributed by atoms with van der Waals surface area (Å²) in [6.07, 6.45) is 2.79. The maximum absolute atomic E-state index is 12.3. The molecule has 0 atom stereocenters. The first-order valence-electron chi connectivity index (χ1n) is 7.36. The molecule has 0 unspecified atom stereocenters. The van der Waals surface area contributed by atoms with Crippen LogP contribution in [0.25, 0.3) is 11.8 Å². The van der Waals surface area contributed by atoms with Gasteiger partial charge >= 0.3 is 5.97 Å². The third kappa shape index (κ3) is 4.31. The van der Waals surface area contributed by atoms with Gasteiger partial charge in [-0.1, -0.05) is 0 Å². The molecule has 0 saturated carbocycles. The number of esters is 1. The van der Waals surface area contributed by atoms with E-state index in [0.29, 0.717) is 11.3 Å². The molecule has 0 N–H and O–H groups in total. The van der Waals surface area contributed by atoms with Crippen LogP contribution < -0.4 is 10.3 Å². The van der Waals surface area contributed by atoms with Crippen molar-refractivity contribution in [1.82, 2.24) is 4.57 Å². The summed E-state index contributed by atoms with van der Waals surface area (Å²) in [6.45, 7) is 1.78. The molecule has 1 heterocycles. The standard InChI is InChI=1S/C17H16N2O6/c1-3-25-17(21)15(18-11-14(24-2)8-9-16(18)20)10-12-4-6-13(7-5-12)19(22)23/h4-11H,3H2,1-2H3/b15-10-. The predicted octanol–water partition coefficient (Wildman–Crippen LogP) is 2.33. The van der Waals surface area contributed by atoms with Crippen LogP contribution in [-0.4, -0.2) is 29.2 Å². The average molecular weight is 344 g/mol. The number of rotatable bonds is 6. The molecule has 8 heteroatoms. The summed E-state index contributed by atoms with van der Waals surface area (Å²) in [6, 6.07) is 8.31. The molecule has 8 nitrogen and oxygen atoms in total. The first-order valence-corrected chi connectivity index (χ1v) is 7.36. The van der Waals surface area contributed by atoms with E-state index in [1.54, 1.807) is 6.92 Å². The van der Waals surface area contributed by atoms with Crippen LogP contribution in [0.15, 0.2) is 47.4 Å². The van der Waals surface area contributed by atoms with E-state index >= 15 is 0 Å². The van der Waals surface area contributed by atoms with Crippen molar-refractivity contribution in [3.8, 4) is 5.75 Å². The lowest BCUT2D eigenvalue weighted by Crippen LogP contribution is -2.23. The number of aromatic nitrogens is 1. The van der Waals surface area contributed by atoms with Crippen LogP contribution in [0, 0.1) is 10.1 Å². The normalized spacial score (nSPS) is 11.0. The van der Waals surface area contributed by atoms with Gasteiger partial charge in [0.1, 0.15) is 11.4 Å². The predicted molar refractivity (Wildman–Crippen MR) is 91.2 cm³/mol. The zero-order chi connectivity index (χ0) is 18.4. The van der Waals surface area contributed by atoms with Crippen molar-refractivity contribution in [2.45, 2.75) is 6.92 Å². The molecule has 0 fully saturated rings. The Bertz CT molecular complexity index is 867. The molecule has 0 bridgehead atoms. The van der Waals surface area contributed by atoms with E-state index in [2.05, 4.69) is 0 Å². The number of hydrogen-bond donors (Lipinski definition) is 0. The third-order valence-electron chi connectivity index (χ3n) is 3.27. The quantitative estimate of drug-likeness (QED) is 0.345. The Balaban J connectivity index is 2.54. The summed E-state index contributed by atoms with van der Waals surface area (Å²) in [4.78, 5) is 34.6. The first-order chi connectivity index (χ1) is 12.0. The summed E-state index contributed by atoms with van der Waals surface area (Å²) >= 11 is 0. The van der Waals surface area contributed by atoms with Gasteiger partial charge in [-0.15, -0.1) is 0 Å². The number of non-ortho nitro benzene ring substituents is 1. The maximum atomic E-state index is 12.3. The van der Waals surface area contributed by atoms with Gasteiger partial charge in [0.15, 0.2) is 0 Å². The highest BCUT2D eigenvalue weighted by Gasteiger charge is 2.16. The Morgan fingerprint density at radius 3 is 2.48 bits per heavy atom. The molecule has 2 rings (SSSR count). The fraction of sp³-hybridized carbons (Fsp3) is 0.176. The van der Waals surface area contributed by atoms with Crippen molar-refractivity contribution in [2.24, 2.45) is 0 Å². The molecule has 0 aliphatic heterocycles. The van der Waals surface area contributed by atoms with Crippen molar-refractivity contribution < 1.29 is 19.2 Å². The van der Waals surface area contributed by atoms with Crippen molar-refractivity contribution >= 4 is 23.4 Å². The number of pyridine rings is 1. The molecule has 25 heavy (non-hydrogen) atoms. The van der Waals surface area contributed by atoms with E-state index in [1.807, 2.05) is 0 Å². The van der Waals surface area contributed by atoms with Gasteiger partial charge in [-0.2, -0.15) is 0 Å². The molecule has 130 valence electrons. The van der Waals surface area contributed by atoms with Gasteiger partial charge in [-0.05, 0) is 36.8 Å². The lowest BCUT2D eigenvalue weighted by molar-refractivity contribution is -0.384. The van der Waals surface area contributed by atoms with Crippen LogP contribution in [0.2, 0.25) is 0 Å². The summed E-state index contributed by atoms with van der Waals surface area (Å²) < 4.78 is 11.2. The summed E-state index contributed by atoms with van der Waals surface area (Å²) in [5, 5.41) is 10.7. The molecule has 1 aromatic heterocycles. The molecule has 0 aliphatic rings. The minimum absolute atomic E-state index is 0.0281. The molecule has 0 radical (unpaired) electrons.